The van der Waals surface area contributed by atoms with Crippen molar-refractivity contribution in [1.82, 2.24) is 0 Å². The van der Waals surface area contributed by atoms with Crippen molar-refractivity contribution in [3.8, 4) is 0 Å². The van der Waals surface area contributed by atoms with Crippen LogP contribution in [-0.2, 0) is 5.33 Å². The van der Waals surface area contributed by atoms with Gasteiger partial charge < -0.3 is 0 Å². The lowest BCUT2D eigenvalue weighted by atomic mass is 10.2. The lowest BCUT2D eigenvalue weighted by molar-refractivity contribution is 1.44. The van der Waals surface area contributed by atoms with Crippen LogP contribution >= 0.6 is 15.9 Å². The normalized spacial score (nSPS) is 10.9. The van der Waals surface area contributed by atoms with Crippen LogP contribution in [0.5, 0.6) is 0 Å². The second kappa shape index (κ2) is 2.88. The van der Waals surface area contributed by atoms with Crippen LogP contribution in [0.2, 0.25) is 0 Å². The van der Waals surface area contributed by atoms with E-state index in [1.807, 2.05) is 12.1 Å². The van der Waals surface area contributed by atoms with E-state index in [-0.39, 0.29) is 0 Å². The summed E-state index contributed by atoms with van der Waals surface area (Å²) in [7, 11) is 0. The van der Waals surface area contributed by atoms with Gasteiger partial charge in [-0.2, -0.15) is 0 Å². The van der Waals surface area contributed by atoms with Gasteiger partial charge in [0, 0.05) is 5.33 Å². The van der Waals surface area contributed by atoms with Crippen LogP contribution in [0.25, 0.3) is 0 Å². The molecule has 0 fully saturated rings. The Kier molecular flexibility index (Phi) is 1.64. The molecule has 0 heterocycles. The second-order valence-corrected chi connectivity index (χ2v) is 2.10. The summed E-state index contributed by atoms with van der Waals surface area (Å²) in [6, 6.07) is 8.03. The Balaban J connectivity index is 2.88. The minimum atomic E-state index is 0.569. The zero-order valence-corrected chi connectivity index (χ0v) is 5.98. The van der Waals surface area contributed by atoms with Crippen molar-refractivity contribution >= 4 is 15.9 Å². The largest absolute Gasteiger partial charge is 0.0876 e. The van der Waals surface area contributed by atoms with Gasteiger partial charge in [-0.1, -0.05) is 46.2 Å². The topological polar surface area (TPSA) is 0 Å². The molecule has 0 atom stereocenters. The Hall–Kier alpha value is -0.300. The van der Waals surface area contributed by atoms with Crippen LogP contribution in [0.3, 0.4) is 0 Å². The molecule has 0 radical (unpaired) electrons. The van der Waals surface area contributed by atoms with E-state index in [0.717, 1.165) is 5.33 Å². The summed E-state index contributed by atoms with van der Waals surface area (Å²) in [5, 5.41) is 0.868. The molecule has 0 aliphatic rings. The smallest absolute Gasteiger partial charge is 0.0623 e. The molecule has 0 saturated carbocycles. The van der Waals surface area contributed by atoms with Gasteiger partial charge in [-0.05, 0) is 5.56 Å². The summed E-state index contributed by atoms with van der Waals surface area (Å²) in [5.41, 5.74) is 1.21. The van der Waals surface area contributed by atoms with Crippen molar-refractivity contribution in [3.63, 3.8) is 0 Å². The van der Waals surface area contributed by atoms with E-state index >= 15 is 0 Å². The maximum absolute atomic E-state index is 7.15. The molecular formula is C7H7Br. The van der Waals surface area contributed by atoms with Crippen molar-refractivity contribution in [2.24, 2.45) is 0 Å². The lowest BCUT2D eigenvalue weighted by Crippen LogP contribution is -1.70. The van der Waals surface area contributed by atoms with Gasteiger partial charge in [0.15, 0.2) is 0 Å². The molecule has 0 bridgehead atoms. The molecule has 0 N–H and O–H groups in total. The van der Waals surface area contributed by atoms with Gasteiger partial charge in [0.2, 0.25) is 0 Å². The molecule has 8 heavy (non-hydrogen) atoms. The summed E-state index contributed by atoms with van der Waals surface area (Å²) in [4.78, 5) is 0. The second-order valence-electron chi connectivity index (χ2n) is 1.54. The molecule has 1 heteroatoms. The first kappa shape index (κ1) is 4.57. The molecule has 1 aromatic rings. The predicted octanol–water partition coefficient (Wildman–Crippen LogP) is 2.58. The highest BCUT2D eigenvalue weighted by atomic mass is 79.9. The van der Waals surface area contributed by atoms with Crippen molar-refractivity contribution < 1.29 is 1.37 Å². The summed E-state index contributed by atoms with van der Waals surface area (Å²) in [6.07, 6.45) is 0. The fourth-order valence-electron chi connectivity index (χ4n) is 0.510. The number of rotatable bonds is 1. The highest BCUT2D eigenvalue weighted by Crippen LogP contribution is 2.02. The Labute approximate surface area is 59.1 Å². The minimum absolute atomic E-state index is 0.569. The molecule has 1 rings (SSSR count). The number of hydrogen-bond donors (Lipinski definition) is 0. The number of halogens is 1. The highest BCUT2D eigenvalue weighted by molar-refractivity contribution is 9.08. The van der Waals surface area contributed by atoms with Crippen LogP contribution in [-0.4, -0.2) is 0 Å². The van der Waals surface area contributed by atoms with Gasteiger partial charge >= 0.3 is 0 Å². The van der Waals surface area contributed by atoms with Crippen LogP contribution in [0.4, 0.5) is 0 Å². The van der Waals surface area contributed by atoms with E-state index in [4.69, 9.17) is 1.37 Å². The maximum atomic E-state index is 7.15. The Morgan fingerprint density at radius 1 is 1.50 bits per heavy atom. The van der Waals surface area contributed by atoms with Gasteiger partial charge in [0.25, 0.3) is 0 Å². The molecule has 1 aromatic carbocycles. The SMILES string of the molecule is [2H]c1ccc(CBr)cc1. The number of benzene rings is 1. The summed E-state index contributed by atoms with van der Waals surface area (Å²) < 4.78 is 7.15. The summed E-state index contributed by atoms with van der Waals surface area (Å²) >= 11 is 3.32. The van der Waals surface area contributed by atoms with Crippen LogP contribution in [0.15, 0.2) is 30.3 Å². The Morgan fingerprint density at radius 3 is 2.62 bits per heavy atom. The zero-order chi connectivity index (χ0) is 6.69. The van der Waals surface area contributed by atoms with Gasteiger partial charge in [0.1, 0.15) is 0 Å². The van der Waals surface area contributed by atoms with Gasteiger partial charge in [-0.15, -0.1) is 0 Å². The van der Waals surface area contributed by atoms with E-state index in [1.165, 1.54) is 5.56 Å². The maximum Gasteiger partial charge on any atom is 0.0623 e. The van der Waals surface area contributed by atoms with Crippen LogP contribution in [0, 0.1) is 0 Å². The summed E-state index contributed by atoms with van der Waals surface area (Å²) in [6.45, 7) is 0. The van der Waals surface area contributed by atoms with E-state index in [9.17, 15) is 0 Å². The molecule has 0 amide bonds. The van der Waals surface area contributed by atoms with Gasteiger partial charge in [-0.3, -0.25) is 0 Å². The molecule has 0 spiro atoms. The monoisotopic (exact) mass is 171 g/mol. The summed E-state index contributed by atoms with van der Waals surface area (Å²) in [5.74, 6) is 0. The fourth-order valence-corrected chi connectivity index (χ4v) is 0.884. The molecule has 0 aliphatic heterocycles. The molecule has 0 unspecified atom stereocenters. The number of alkyl halides is 1. The van der Waals surface area contributed by atoms with Crippen LogP contribution in [0.1, 0.15) is 6.93 Å². The van der Waals surface area contributed by atoms with Gasteiger partial charge in [0.05, 0.1) is 1.37 Å². The molecule has 0 saturated heterocycles. The highest BCUT2D eigenvalue weighted by Gasteiger charge is 1.81. The van der Waals surface area contributed by atoms with E-state index in [1.54, 1.807) is 12.1 Å². The number of hydrogen-bond acceptors (Lipinski definition) is 0. The molecule has 0 nitrogen and oxygen atoms in total. The van der Waals surface area contributed by atoms with Crippen molar-refractivity contribution in [3.05, 3.63) is 35.9 Å². The molecule has 0 aromatic heterocycles. The third kappa shape index (κ3) is 1.34. The molecule has 0 aliphatic carbocycles. The first-order valence-corrected chi connectivity index (χ1v) is 3.56. The Bertz CT molecular complexity index is 181. The van der Waals surface area contributed by atoms with E-state index in [0.29, 0.717) is 6.04 Å². The first-order chi connectivity index (χ1) is 4.33. The van der Waals surface area contributed by atoms with E-state index < -0.39 is 0 Å². The third-order valence-corrected chi connectivity index (χ3v) is 1.59. The zero-order valence-electron chi connectivity index (χ0n) is 5.39. The fraction of sp³-hybridized carbons (Fsp3) is 0.143. The average Bonchev–Trinajstić information content (AvgIpc) is 1.90. The Morgan fingerprint density at radius 2 is 2.12 bits per heavy atom. The average molecular weight is 172 g/mol. The first-order valence-electron chi connectivity index (χ1n) is 2.94. The standard InChI is InChI=1S/C7H7Br/c8-6-7-4-2-1-3-5-7/h1-5H,6H2/i1D. The van der Waals surface area contributed by atoms with Crippen molar-refractivity contribution in [2.45, 2.75) is 5.33 Å². The van der Waals surface area contributed by atoms with Crippen molar-refractivity contribution in [2.75, 3.05) is 0 Å². The van der Waals surface area contributed by atoms with Crippen LogP contribution < -0.4 is 0 Å². The minimum Gasteiger partial charge on any atom is -0.0876 e. The predicted molar refractivity (Wildman–Crippen MR) is 39.1 cm³/mol. The van der Waals surface area contributed by atoms with Gasteiger partial charge in [-0.25, -0.2) is 0 Å². The van der Waals surface area contributed by atoms with Crippen molar-refractivity contribution in [1.29, 1.82) is 0 Å². The molecular weight excluding hydrogens is 164 g/mol. The van der Waals surface area contributed by atoms with E-state index in [2.05, 4.69) is 15.9 Å². The lowest BCUT2D eigenvalue weighted by Gasteiger charge is -1.88. The quantitative estimate of drug-likeness (QED) is 0.571. The third-order valence-electron chi connectivity index (χ3n) is 0.942. The molecule has 42 valence electrons.